The average molecular weight is 299 g/mol. The van der Waals surface area contributed by atoms with Crippen molar-refractivity contribution in [3.63, 3.8) is 0 Å². The van der Waals surface area contributed by atoms with Gasteiger partial charge in [-0.25, -0.2) is 4.79 Å². The van der Waals surface area contributed by atoms with Crippen molar-refractivity contribution in [1.29, 1.82) is 0 Å². The van der Waals surface area contributed by atoms with Crippen LogP contribution in [-0.4, -0.2) is 18.8 Å². The summed E-state index contributed by atoms with van der Waals surface area (Å²) in [6.45, 7) is 2.04. The van der Waals surface area contributed by atoms with E-state index in [1.807, 2.05) is 30.8 Å². The van der Waals surface area contributed by atoms with Gasteiger partial charge in [0.15, 0.2) is 0 Å². The molecule has 0 radical (unpaired) electrons. The van der Waals surface area contributed by atoms with Gasteiger partial charge in [-0.05, 0) is 36.2 Å². The first-order valence-corrected chi connectivity index (χ1v) is 7.85. The molecular formula is C17H17NO2S. The number of fused-ring (bicyclic) bond motifs is 1. The molecule has 21 heavy (non-hydrogen) atoms. The van der Waals surface area contributed by atoms with E-state index in [0.717, 1.165) is 17.0 Å². The monoisotopic (exact) mass is 299 g/mol. The average Bonchev–Trinajstić information content (AvgIpc) is 2.92. The van der Waals surface area contributed by atoms with Gasteiger partial charge in [0.05, 0.1) is 18.7 Å². The second kappa shape index (κ2) is 5.82. The van der Waals surface area contributed by atoms with E-state index >= 15 is 0 Å². The van der Waals surface area contributed by atoms with E-state index in [2.05, 4.69) is 29.6 Å². The van der Waals surface area contributed by atoms with Gasteiger partial charge in [0.1, 0.15) is 0 Å². The summed E-state index contributed by atoms with van der Waals surface area (Å²) in [6, 6.07) is 14.3. The molecule has 2 aromatic rings. The van der Waals surface area contributed by atoms with Crippen LogP contribution in [0.15, 0.2) is 47.4 Å². The lowest BCUT2D eigenvalue weighted by Crippen LogP contribution is -2.11. The highest BCUT2D eigenvalue weighted by molar-refractivity contribution is 7.99. The molecule has 0 spiro atoms. The van der Waals surface area contributed by atoms with Gasteiger partial charge in [-0.15, -0.1) is 11.8 Å². The molecule has 0 aromatic heterocycles. The van der Waals surface area contributed by atoms with Gasteiger partial charge in [-0.3, -0.25) is 0 Å². The van der Waals surface area contributed by atoms with Gasteiger partial charge in [0.2, 0.25) is 0 Å². The van der Waals surface area contributed by atoms with Crippen LogP contribution < -0.4 is 5.32 Å². The van der Waals surface area contributed by atoms with E-state index in [4.69, 9.17) is 4.74 Å². The molecule has 4 heteroatoms. The number of thioether (sulfide) groups is 1. The zero-order chi connectivity index (χ0) is 14.8. The maximum atomic E-state index is 11.7. The fourth-order valence-electron chi connectivity index (χ4n) is 2.49. The lowest BCUT2D eigenvalue weighted by atomic mass is 10.1. The number of nitrogens with one attached hydrogen (secondary N) is 1. The van der Waals surface area contributed by atoms with E-state index < -0.39 is 0 Å². The molecule has 1 heterocycles. The van der Waals surface area contributed by atoms with E-state index in [9.17, 15) is 4.79 Å². The predicted molar refractivity (Wildman–Crippen MR) is 86.0 cm³/mol. The van der Waals surface area contributed by atoms with Crippen LogP contribution in [0.25, 0.3) is 0 Å². The maximum Gasteiger partial charge on any atom is 0.337 e. The number of ether oxygens (including phenoxy) is 1. The number of anilines is 1. The Labute approximate surface area is 128 Å². The number of carbonyl (C=O) groups is 1. The Morgan fingerprint density at radius 3 is 2.90 bits per heavy atom. The number of hydrogen-bond acceptors (Lipinski definition) is 4. The fourth-order valence-corrected chi connectivity index (χ4v) is 3.65. The normalized spacial score (nSPS) is 16.4. The van der Waals surface area contributed by atoms with Crippen molar-refractivity contribution in [2.45, 2.75) is 17.9 Å². The van der Waals surface area contributed by atoms with Crippen LogP contribution in [0.3, 0.4) is 0 Å². The second-order valence-electron chi connectivity index (χ2n) is 5.07. The number of hydrogen-bond donors (Lipinski definition) is 1. The van der Waals surface area contributed by atoms with Crippen LogP contribution in [0.2, 0.25) is 0 Å². The molecule has 0 aliphatic carbocycles. The first-order valence-electron chi connectivity index (χ1n) is 6.86. The molecule has 1 N–H and O–H groups in total. The highest BCUT2D eigenvalue weighted by atomic mass is 32.2. The molecule has 1 aliphatic heterocycles. The molecule has 0 bridgehead atoms. The highest BCUT2D eigenvalue weighted by Crippen LogP contribution is 2.40. The Morgan fingerprint density at radius 1 is 1.29 bits per heavy atom. The Hall–Kier alpha value is -1.94. The minimum Gasteiger partial charge on any atom is -0.465 e. The van der Waals surface area contributed by atoms with Crippen molar-refractivity contribution < 1.29 is 9.53 Å². The van der Waals surface area contributed by atoms with Gasteiger partial charge in [-0.2, -0.15) is 0 Å². The largest absolute Gasteiger partial charge is 0.465 e. The van der Waals surface area contributed by atoms with Crippen molar-refractivity contribution in [3.05, 3.63) is 59.2 Å². The van der Waals surface area contributed by atoms with Crippen molar-refractivity contribution in [3.8, 4) is 0 Å². The molecule has 3 rings (SSSR count). The molecule has 0 amide bonds. The number of carbonyl (C=O) groups excluding carboxylic acids is 1. The van der Waals surface area contributed by atoms with Gasteiger partial charge >= 0.3 is 5.97 Å². The van der Waals surface area contributed by atoms with Crippen LogP contribution in [0.4, 0.5) is 5.69 Å². The highest BCUT2D eigenvalue weighted by Gasteiger charge is 2.23. The second-order valence-corrected chi connectivity index (χ2v) is 6.13. The molecule has 1 aliphatic rings. The minimum atomic E-state index is -0.306. The Bertz CT molecular complexity index is 684. The molecular weight excluding hydrogens is 282 g/mol. The molecule has 0 saturated carbocycles. The van der Waals surface area contributed by atoms with Gasteiger partial charge in [-0.1, -0.05) is 24.3 Å². The number of aryl methyl sites for hydroxylation is 1. The van der Waals surface area contributed by atoms with E-state index in [1.54, 1.807) is 6.07 Å². The third kappa shape index (κ3) is 2.76. The van der Waals surface area contributed by atoms with Gasteiger partial charge in [0.25, 0.3) is 0 Å². The van der Waals surface area contributed by atoms with E-state index in [1.165, 1.54) is 17.6 Å². The number of esters is 1. The molecule has 2 aromatic carbocycles. The van der Waals surface area contributed by atoms with Crippen molar-refractivity contribution >= 4 is 23.4 Å². The number of rotatable bonds is 3. The number of methoxy groups -OCH3 is 1. The van der Waals surface area contributed by atoms with E-state index in [0.29, 0.717) is 5.56 Å². The van der Waals surface area contributed by atoms with Crippen LogP contribution in [-0.2, 0) is 4.74 Å². The summed E-state index contributed by atoms with van der Waals surface area (Å²) in [6.07, 6.45) is 0. The maximum absolute atomic E-state index is 11.7. The van der Waals surface area contributed by atoms with E-state index in [-0.39, 0.29) is 12.0 Å². The smallest absolute Gasteiger partial charge is 0.337 e. The summed E-state index contributed by atoms with van der Waals surface area (Å²) in [5, 5.41) is 3.56. The van der Waals surface area contributed by atoms with Crippen molar-refractivity contribution in [2.75, 3.05) is 18.2 Å². The molecule has 1 unspecified atom stereocenters. The number of benzene rings is 2. The van der Waals surface area contributed by atoms with Crippen molar-refractivity contribution in [2.24, 2.45) is 0 Å². The molecule has 1 atom stereocenters. The van der Waals surface area contributed by atoms with Crippen LogP contribution in [0.5, 0.6) is 0 Å². The molecule has 0 saturated heterocycles. The standard InChI is InChI=1S/C17H17NO2S/c1-11-7-8-12(17(19)20-2)9-14(11)18-15-10-21-16-6-4-3-5-13(15)16/h3-9,15,18H,10H2,1-2H3. The summed E-state index contributed by atoms with van der Waals surface area (Å²) in [5.41, 5.74) is 4.01. The van der Waals surface area contributed by atoms with Crippen LogP contribution in [0.1, 0.15) is 27.5 Å². The zero-order valence-electron chi connectivity index (χ0n) is 12.1. The van der Waals surface area contributed by atoms with Crippen LogP contribution in [0, 0.1) is 6.92 Å². The summed E-state index contributed by atoms with van der Waals surface area (Å²) in [7, 11) is 1.40. The topological polar surface area (TPSA) is 38.3 Å². The SMILES string of the molecule is COC(=O)c1ccc(C)c(NC2CSc3ccccc32)c1. The van der Waals surface area contributed by atoms with Gasteiger partial charge < -0.3 is 10.1 Å². The summed E-state index contributed by atoms with van der Waals surface area (Å²) >= 11 is 1.86. The lowest BCUT2D eigenvalue weighted by molar-refractivity contribution is 0.0601. The van der Waals surface area contributed by atoms with Crippen LogP contribution >= 0.6 is 11.8 Å². The summed E-state index contributed by atoms with van der Waals surface area (Å²) in [5.74, 6) is 0.695. The minimum absolute atomic E-state index is 0.276. The Balaban J connectivity index is 1.87. The quantitative estimate of drug-likeness (QED) is 0.868. The summed E-state index contributed by atoms with van der Waals surface area (Å²) in [4.78, 5) is 13.0. The Morgan fingerprint density at radius 2 is 2.10 bits per heavy atom. The molecule has 108 valence electrons. The predicted octanol–water partition coefficient (Wildman–Crippen LogP) is 4.04. The third-order valence-corrected chi connectivity index (χ3v) is 4.87. The zero-order valence-corrected chi connectivity index (χ0v) is 12.9. The Kier molecular flexibility index (Phi) is 3.88. The lowest BCUT2D eigenvalue weighted by Gasteiger charge is -2.17. The molecule has 0 fully saturated rings. The first-order chi connectivity index (χ1) is 10.2. The summed E-state index contributed by atoms with van der Waals surface area (Å²) < 4.78 is 4.79. The van der Waals surface area contributed by atoms with Gasteiger partial charge in [0, 0.05) is 16.3 Å². The van der Waals surface area contributed by atoms with Crippen molar-refractivity contribution in [1.82, 2.24) is 0 Å². The fraction of sp³-hybridized carbons (Fsp3) is 0.235. The first kappa shape index (κ1) is 14.0. The molecule has 3 nitrogen and oxygen atoms in total. The third-order valence-electron chi connectivity index (χ3n) is 3.69.